The second-order valence-corrected chi connectivity index (χ2v) is 4.29. The van der Waals surface area contributed by atoms with Gasteiger partial charge in [0.15, 0.2) is 0 Å². The fourth-order valence-corrected chi connectivity index (χ4v) is 2.38. The minimum atomic E-state index is 0.579. The Hall–Kier alpha value is 0.310. The standard InChI is InChI=1S/C10H21NS/c1-3-11(4-2)8-10(9-12)6-5-7-10/h12H,3-9H2,1-2H3. The number of rotatable bonds is 5. The van der Waals surface area contributed by atoms with Crippen LogP contribution >= 0.6 is 12.6 Å². The van der Waals surface area contributed by atoms with Gasteiger partial charge in [-0.15, -0.1) is 0 Å². The van der Waals surface area contributed by atoms with Crippen LogP contribution in [0.3, 0.4) is 0 Å². The molecule has 0 spiro atoms. The normalized spacial score (nSPS) is 21.0. The lowest BCUT2D eigenvalue weighted by Crippen LogP contribution is -2.43. The van der Waals surface area contributed by atoms with Crippen molar-refractivity contribution in [2.75, 3.05) is 25.4 Å². The van der Waals surface area contributed by atoms with Gasteiger partial charge in [0.1, 0.15) is 0 Å². The van der Waals surface area contributed by atoms with Crippen LogP contribution in [0.4, 0.5) is 0 Å². The summed E-state index contributed by atoms with van der Waals surface area (Å²) in [5.74, 6) is 1.07. The zero-order chi connectivity index (χ0) is 9.03. The van der Waals surface area contributed by atoms with E-state index in [1.165, 1.54) is 38.9 Å². The molecule has 0 amide bonds. The van der Waals surface area contributed by atoms with Crippen molar-refractivity contribution in [2.45, 2.75) is 33.1 Å². The smallest absolute Gasteiger partial charge is 0.00456 e. The van der Waals surface area contributed by atoms with Crippen molar-refractivity contribution in [1.82, 2.24) is 4.90 Å². The minimum absolute atomic E-state index is 0.579. The summed E-state index contributed by atoms with van der Waals surface area (Å²) < 4.78 is 0. The van der Waals surface area contributed by atoms with Crippen molar-refractivity contribution in [2.24, 2.45) is 5.41 Å². The summed E-state index contributed by atoms with van der Waals surface area (Å²) in [6.07, 6.45) is 4.21. The first-order chi connectivity index (χ1) is 5.76. The fourth-order valence-electron chi connectivity index (χ4n) is 1.96. The highest BCUT2D eigenvalue weighted by Crippen LogP contribution is 2.42. The van der Waals surface area contributed by atoms with E-state index in [4.69, 9.17) is 0 Å². The SMILES string of the molecule is CCN(CC)CC1(CS)CCC1. The van der Waals surface area contributed by atoms with Gasteiger partial charge in [-0.2, -0.15) is 12.6 Å². The van der Waals surface area contributed by atoms with Crippen LogP contribution < -0.4 is 0 Å². The summed E-state index contributed by atoms with van der Waals surface area (Å²) >= 11 is 4.46. The Morgan fingerprint density at radius 2 is 1.83 bits per heavy atom. The molecule has 1 aliphatic rings. The predicted molar refractivity (Wildman–Crippen MR) is 57.9 cm³/mol. The summed E-state index contributed by atoms with van der Waals surface area (Å²) in [4.78, 5) is 2.52. The Bertz CT molecular complexity index is 122. The molecule has 0 aromatic carbocycles. The van der Waals surface area contributed by atoms with E-state index >= 15 is 0 Å². The van der Waals surface area contributed by atoms with Crippen LogP contribution in [-0.2, 0) is 0 Å². The van der Waals surface area contributed by atoms with Gasteiger partial charge in [-0.3, -0.25) is 0 Å². The van der Waals surface area contributed by atoms with Crippen LogP contribution in [0.25, 0.3) is 0 Å². The molecule has 1 saturated carbocycles. The van der Waals surface area contributed by atoms with E-state index in [0.717, 1.165) is 5.75 Å². The number of thiol groups is 1. The van der Waals surface area contributed by atoms with Crippen molar-refractivity contribution < 1.29 is 0 Å². The van der Waals surface area contributed by atoms with E-state index in [1.54, 1.807) is 0 Å². The maximum Gasteiger partial charge on any atom is 0.00456 e. The molecule has 0 aromatic heterocycles. The number of hydrogen-bond acceptors (Lipinski definition) is 2. The van der Waals surface area contributed by atoms with Crippen LogP contribution in [0.5, 0.6) is 0 Å². The summed E-state index contributed by atoms with van der Waals surface area (Å²) in [6, 6.07) is 0. The van der Waals surface area contributed by atoms with Crippen LogP contribution in [0.15, 0.2) is 0 Å². The molecule has 0 N–H and O–H groups in total. The predicted octanol–water partition coefficient (Wildman–Crippen LogP) is 2.43. The van der Waals surface area contributed by atoms with Crippen LogP contribution in [0.1, 0.15) is 33.1 Å². The van der Waals surface area contributed by atoms with E-state index in [2.05, 4.69) is 31.4 Å². The first-order valence-corrected chi connectivity index (χ1v) is 5.73. The fraction of sp³-hybridized carbons (Fsp3) is 1.00. The van der Waals surface area contributed by atoms with Crippen molar-refractivity contribution in [3.05, 3.63) is 0 Å². The van der Waals surface area contributed by atoms with E-state index in [-0.39, 0.29) is 0 Å². The zero-order valence-corrected chi connectivity index (χ0v) is 9.24. The maximum absolute atomic E-state index is 4.46. The Morgan fingerprint density at radius 1 is 1.25 bits per heavy atom. The molecule has 72 valence electrons. The van der Waals surface area contributed by atoms with Crippen molar-refractivity contribution in [3.63, 3.8) is 0 Å². The Kier molecular flexibility index (Phi) is 3.91. The molecule has 0 aromatic rings. The topological polar surface area (TPSA) is 3.24 Å². The highest BCUT2D eigenvalue weighted by molar-refractivity contribution is 7.80. The van der Waals surface area contributed by atoms with Gasteiger partial charge >= 0.3 is 0 Å². The summed E-state index contributed by atoms with van der Waals surface area (Å²) in [7, 11) is 0. The molecule has 1 aliphatic carbocycles. The molecule has 1 rings (SSSR count). The van der Waals surface area contributed by atoms with Gasteiger partial charge in [0.05, 0.1) is 0 Å². The van der Waals surface area contributed by atoms with E-state index in [9.17, 15) is 0 Å². The molecule has 1 fully saturated rings. The van der Waals surface area contributed by atoms with Gasteiger partial charge in [-0.25, -0.2) is 0 Å². The van der Waals surface area contributed by atoms with Gasteiger partial charge < -0.3 is 4.90 Å². The van der Waals surface area contributed by atoms with Gasteiger partial charge in [-0.1, -0.05) is 20.3 Å². The quantitative estimate of drug-likeness (QED) is 0.647. The molecule has 1 nitrogen and oxygen atoms in total. The summed E-state index contributed by atoms with van der Waals surface area (Å²) in [5, 5.41) is 0. The monoisotopic (exact) mass is 187 g/mol. The molecular formula is C10H21NS. The molecule has 12 heavy (non-hydrogen) atoms. The van der Waals surface area contributed by atoms with Gasteiger partial charge in [0.2, 0.25) is 0 Å². The average Bonchev–Trinajstić information content (AvgIpc) is 2.05. The van der Waals surface area contributed by atoms with Crippen LogP contribution in [0.2, 0.25) is 0 Å². The molecular weight excluding hydrogens is 166 g/mol. The van der Waals surface area contributed by atoms with Gasteiger partial charge in [-0.05, 0) is 37.1 Å². The third kappa shape index (κ3) is 2.17. The van der Waals surface area contributed by atoms with Gasteiger partial charge in [0.25, 0.3) is 0 Å². The second-order valence-electron chi connectivity index (χ2n) is 3.97. The third-order valence-electron chi connectivity index (χ3n) is 3.20. The molecule has 0 radical (unpaired) electrons. The Morgan fingerprint density at radius 3 is 2.08 bits per heavy atom. The van der Waals surface area contributed by atoms with Crippen molar-refractivity contribution in [3.8, 4) is 0 Å². The third-order valence-corrected chi connectivity index (χ3v) is 3.87. The molecule has 0 heterocycles. The molecule has 2 heteroatoms. The summed E-state index contributed by atoms with van der Waals surface area (Å²) in [6.45, 7) is 8.13. The molecule has 0 atom stereocenters. The largest absolute Gasteiger partial charge is 0.303 e. The first kappa shape index (κ1) is 10.4. The van der Waals surface area contributed by atoms with E-state index in [1.807, 2.05) is 0 Å². The van der Waals surface area contributed by atoms with Crippen molar-refractivity contribution >= 4 is 12.6 Å². The molecule has 0 unspecified atom stereocenters. The first-order valence-electron chi connectivity index (χ1n) is 5.09. The van der Waals surface area contributed by atoms with Crippen LogP contribution in [-0.4, -0.2) is 30.3 Å². The zero-order valence-electron chi connectivity index (χ0n) is 8.34. The van der Waals surface area contributed by atoms with E-state index < -0.39 is 0 Å². The van der Waals surface area contributed by atoms with E-state index in [0.29, 0.717) is 5.41 Å². The molecule has 0 aliphatic heterocycles. The van der Waals surface area contributed by atoms with Crippen molar-refractivity contribution in [1.29, 1.82) is 0 Å². The number of nitrogens with zero attached hydrogens (tertiary/aromatic N) is 1. The lowest BCUT2D eigenvalue weighted by Gasteiger charge is -2.44. The lowest BCUT2D eigenvalue weighted by atomic mass is 9.70. The van der Waals surface area contributed by atoms with Crippen LogP contribution in [0, 0.1) is 5.41 Å². The average molecular weight is 187 g/mol. The maximum atomic E-state index is 4.46. The molecule has 0 bridgehead atoms. The highest BCUT2D eigenvalue weighted by Gasteiger charge is 2.36. The minimum Gasteiger partial charge on any atom is -0.303 e. The lowest BCUT2D eigenvalue weighted by molar-refractivity contribution is 0.0965. The number of hydrogen-bond donors (Lipinski definition) is 1. The highest BCUT2D eigenvalue weighted by atomic mass is 32.1. The van der Waals surface area contributed by atoms with Gasteiger partial charge in [0, 0.05) is 6.54 Å². The Balaban J connectivity index is 2.35. The summed E-state index contributed by atoms with van der Waals surface area (Å²) in [5.41, 5.74) is 0.579. The second kappa shape index (κ2) is 4.52. The Labute approximate surface area is 81.9 Å². The molecule has 0 saturated heterocycles.